The van der Waals surface area contributed by atoms with Crippen molar-refractivity contribution in [3.8, 4) is 0 Å². The minimum absolute atomic E-state index is 0.0435. The second-order valence-electron chi connectivity index (χ2n) is 7.81. The van der Waals surface area contributed by atoms with Crippen LogP contribution in [0, 0.1) is 13.8 Å². The number of carbonyl (C=O) groups excluding carboxylic acids is 1. The van der Waals surface area contributed by atoms with Crippen molar-refractivity contribution >= 4 is 38.4 Å². The maximum atomic E-state index is 12.9. The third-order valence-corrected chi connectivity index (χ3v) is 6.66. The minimum atomic E-state index is -3.86. The van der Waals surface area contributed by atoms with Gasteiger partial charge < -0.3 is 10.2 Å². The summed E-state index contributed by atoms with van der Waals surface area (Å²) in [4.78, 5) is 19.3. The third kappa shape index (κ3) is 4.44. The number of aryl methyl sites for hydroxylation is 2. The lowest BCUT2D eigenvalue weighted by molar-refractivity contribution is 0.102. The Morgan fingerprint density at radius 1 is 1.13 bits per heavy atom. The van der Waals surface area contributed by atoms with Crippen molar-refractivity contribution < 1.29 is 13.2 Å². The van der Waals surface area contributed by atoms with Crippen molar-refractivity contribution in [3.63, 3.8) is 0 Å². The number of fused-ring (bicyclic) bond motifs is 1. The largest absolute Gasteiger partial charge is 0.362 e. The van der Waals surface area contributed by atoms with Crippen LogP contribution < -0.4 is 5.32 Å². The van der Waals surface area contributed by atoms with Gasteiger partial charge in [0.1, 0.15) is 5.84 Å². The van der Waals surface area contributed by atoms with E-state index < -0.39 is 10.0 Å². The van der Waals surface area contributed by atoms with E-state index in [-0.39, 0.29) is 10.8 Å². The van der Waals surface area contributed by atoms with Gasteiger partial charge in [-0.2, -0.15) is 8.42 Å². The second kappa shape index (κ2) is 8.11. The molecule has 2 heterocycles. The van der Waals surface area contributed by atoms with Crippen molar-refractivity contribution in [1.29, 1.82) is 0 Å². The fourth-order valence-corrected chi connectivity index (χ4v) is 4.78. The molecule has 1 N–H and O–H groups in total. The SMILES string of the molecule is Cc1ccc2cc(C(=O)Nc3cccc(S(=O)(=O)N=C4CCCN4C)c3)c(C)nc2c1. The maximum absolute atomic E-state index is 12.9. The molecule has 0 aliphatic carbocycles. The van der Waals surface area contributed by atoms with Gasteiger partial charge in [0.2, 0.25) is 0 Å². The lowest BCUT2D eigenvalue weighted by Crippen LogP contribution is -2.20. The average Bonchev–Trinajstić information content (AvgIpc) is 3.11. The molecule has 0 spiro atoms. The van der Waals surface area contributed by atoms with E-state index in [9.17, 15) is 13.2 Å². The molecule has 7 nitrogen and oxygen atoms in total. The van der Waals surface area contributed by atoms with Gasteiger partial charge in [-0.05, 0) is 56.2 Å². The van der Waals surface area contributed by atoms with E-state index in [0.29, 0.717) is 29.2 Å². The molecule has 3 aromatic rings. The molecule has 4 rings (SSSR count). The molecule has 1 saturated heterocycles. The first-order valence-corrected chi connectivity index (χ1v) is 11.5. The summed E-state index contributed by atoms with van der Waals surface area (Å²) in [5.41, 5.74) is 3.36. The number of carbonyl (C=O) groups is 1. The van der Waals surface area contributed by atoms with Crippen molar-refractivity contribution in [2.24, 2.45) is 4.40 Å². The topological polar surface area (TPSA) is 91.7 Å². The van der Waals surface area contributed by atoms with Crippen LogP contribution in [-0.4, -0.2) is 43.6 Å². The number of aromatic nitrogens is 1. The highest BCUT2D eigenvalue weighted by Crippen LogP contribution is 2.22. The first-order valence-electron chi connectivity index (χ1n) is 10.1. The van der Waals surface area contributed by atoms with Crippen molar-refractivity contribution in [2.45, 2.75) is 31.6 Å². The van der Waals surface area contributed by atoms with Gasteiger partial charge in [0.25, 0.3) is 15.9 Å². The number of nitrogens with one attached hydrogen (secondary N) is 1. The zero-order chi connectivity index (χ0) is 22.2. The number of sulfonamides is 1. The van der Waals surface area contributed by atoms with Gasteiger partial charge in [-0.1, -0.05) is 18.2 Å². The molecule has 1 fully saturated rings. The Labute approximate surface area is 181 Å². The lowest BCUT2D eigenvalue weighted by atomic mass is 10.1. The van der Waals surface area contributed by atoms with Crippen LogP contribution in [-0.2, 0) is 10.0 Å². The summed E-state index contributed by atoms with van der Waals surface area (Å²) in [6.07, 6.45) is 1.53. The molecule has 1 aliphatic rings. The van der Waals surface area contributed by atoms with Gasteiger partial charge in [0, 0.05) is 31.1 Å². The van der Waals surface area contributed by atoms with E-state index in [0.717, 1.165) is 29.4 Å². The molecule has 0 bridgehead atoms. The lowest BCUT2D eigenvalue weighted by Gasteiger charge is -2.12. The third-order valence-electron chi connectivity index (χ3n) is 5.36. The Kier molecular flexibility index (Phi) is 5.49. The number of benzene rings is 2. The number of amidine groups is 1. The summed E-state index contributed by atoms with van der Waals surface area (Å²) in [5, 5.41) is 3.66. The van der Waals surface area contributed by atoms with Gasteiger partial charge in [0.05, 0.1) is 21.7 Å². The maximum Gasteiger partial charge on any atom is 0.284 e. The number of hydrogen-bond donors (Lipinski definition) is 1. The van der Waals surface area contributed by atoms with Crippen LogP contribution in [0.15, 0.2) is 57.8 Å². The molecule has 1 aliphatic heterocycles. The van der Waals surface area contributed by atoms with Crippen molar-refractivity contribution in [3.05, 3.63) is 65.4 Å². The van der Waals surface area contributed by atoms with Crippen molar-refractivity contribution in [1.82, 2.24) is 9.88 Å². The number of nitrogens with zero attached hydrogens (tertiary/aromatic N) is 3. The molecular formula is C23H24N4O3S. The zero-order valence-corrected chi connectivity index (χ0v) is 18.5. The monoisotopic (exact) mass is 436 g/mol. The first-order chi connectivity index (χ1) is 14.7. The molecule has 0 unspecified atom stereocenters. The molecule has 31 heavy (non-hydrogen) atoms. The molecule has 0 atom stereocenters. The number of rotatable bonds is 4. The second-order valence-corrected chi connectivity index (χ2v) is 9.41. The van der Waals surface area contributed by atoms with Crippen LogP contribution in [0.3, 0.4) is 0 Å². The van der Waals surface area contributed by atoms with E-state index in [2.05, 4.69) is 14.7 Å². The zero-order valence-electron chi connectivity index (χ0n) is 17.7. The summed E-state index contributed by atoms with van der Waals surface area (Å²) < 4.78 is 29.5. The average molecular weight is 437 g/mol. The number of pyridine rings is 1. The van der Waals surface area contributed by atoms with Crippen LogP contribution in [0.4, 0.5) is 5.69 Å². The van der Waals surface area contributed by atoms with Gasteiger partial charge in [-0.3, -0.25) is 9.78 Å². The van der Waals surface area contributed by atoms with E-state index in [1.54, 1.807) is 25.1 Å². The van der Waals surface area contributed by atoms with Crippen LogP contribution in [0.2, 0.25) is 0 Å². The standard InChI is InChI=1S/C23H24N4O3S/c1-15-9-10-17-13-20(16(2)24-21(17)12-15)23(28)25-18-6-4-7-19(14-18)31(29,30)26-22-8-5-11-27(22)3/h4,6-7,9-10,12-14H,5,8,11H2,1-3H3,(H,25,28). The molecular weight excluding hydrogens is 412 g/mol. The Hall–Kier alpha value is -3.26. The quantitative estimate of drug-likeness (QED) is 0.669. The molecule has 0 radical (unpaired) electrons. The van der Waals surface area contributed by atoms with Crippen LogP contribution >= 0.6 is 0 Å². The summed E-state index contributed by atoms with van der Waals surface area (Å²) in [6, 6.07) is 13.8. The highest BCUT2D eigenvalue weighted by Gasteiger charge is 2.21. The summed E-state index contributed by atoms with van der Waals surface area (Å²) in [5.74, 6) is 0.214. The van der Waals surface area contributed by atoms with E-state index in [4.69, 9.17) is 0 Å². The molecule has 2 aromatic carbocycles. The molecule has 8 heteroatoms. The van der Waals surface area contributed by atoms with E-state index in [1.165, 1.54) is 12.1 Å². The number of amides is 1. The predicted octanol–water partition coefficient (Wildman–Crippen LogP) is 3.92. The fraction of sp³-hybridized carbons (Fsp3) is 0.261. The molecule has 160 valence electrons. The molecule has 1 amide bonds. The van der Waals surface area contributed by atoms with Gasteiger partial charge in [0.15, 0.2) is 0 Å². The minimum Gasteiger partial charge on any atom is -0.362 e. The van der Waals surface area contributed by atoms with Gasteiger partial charge in [-0.15, -0.1) is 4.40 Å². The van der Waals surface area contributed by atoms with Crippen LogP contribution in [0.1, 0.15) is 34.5 Å². The van der Waals surface area contributed by atoms with Crippen LogP contribution in [0.25, 0.3) is 10.9 Å². The smallest absolute Gasteiger partial charge is 0.284 e. The summed E-state index contributed by atoms with van der Waals surface area (Å²) in [6.45, 7) is 4.57. The van der Waals surface area contributed by atoms with E-state index in [1.807, 2.05) is 37.1 Å². The van der Waals surface area contributed by atoms with Gasteiger partial charge in [-0.25, -0.2) is 0 Å². The number of likely N-dealkylation sites (tertiary alicyclic amines) is 1. The van der Waals surface area contributed by atoms with Crippen LogP contribution in [0.5, 0.6) is 0 Å². The molecule has 0 saturated carbocycles. The number of hydrogen-bond acceptors (Lipinski definition) is 4. The van der Waals surface area contributed by atoms with Crippen molar-refractivity contribution in [2.75, 3.05) is 18.9 Å². The Morgan fingerprint density at radius 3 is 2.68 bits per heavy atom. The first kappa shape index (κ1) is 21.0. The number of anilines is 1. The van der Waals surface area contributed by atoms with E-state index >= 15 is 0 Å². The normalized spacial score (nSPS) is 15.6. The summed E-state index contributed by atoms with van der Waals surface area (Å²) >= 11 is 0. The van der Waals surface area contributed by atoms with Gasteiger partial charge >= 0.3 is 0 Å². The Balaban J connectivity index is 1.61. The summed E-state index contributed by atoms with van der Waals surface area (Å²) in [7, 11) is -2.03. The molecule has 1 aromatic heterocycles. The Morgan fingerprint density at radius 2 is 1.94 bits per heavy atom. The highest BCUT2D eigenvalue weighted by atomic mass is 32.2. The fourth-order valence-electron chi connectivity index (χ4n) is 3.64. The highest BCUT2D eigenvalue weighted by molar-refractivity contribution is 7.90. The predicted molar refractivity (Wildman–Crippen MR) is 122 cm³/mol. The Bertz CT molecular complexity index is 1320.